The second-order valence-electron chi connectivity index (χ2n) is 6.49. The number of fused-ring (bicyclic) bond motifs is 3. The number of nitriles is 1. The number of nitro benzene ring substituents is 1. The number of rotatable bonds is 2. The quantitative estimate of drug-likeness (QED) is 0.545. The molecule has 8 nitrogen and oxygen atoms in total. The summed E-state index contributed by atoms with van der Waals surface area (Å²) in [6, 6.07) is 15.0. The Balaban J connectivity index is 2.15. The molecule has 4 rings (SSSR count). The van der Waals surface area contributed by atoms with Gasteiger partial charge in [-0.15, -0.1) is 0 Å². The van der Waals surface area contributed by atoms with Gasteiger partial charge in [0.2, 0.25) is 5.90 Å². The monoisotopic (exact) mass is 374 g/mol. The first-order valence-electron chi connectivity index (χ1n) is 8.46. The van der Waals surface area contributed by atoms with Gasteiger partial charge >= 0.3 is 0 Å². The van der Waals surface area contributed by atoms with Crippen molar-refractivity contribution in [1.29, 1.82) is 10.7 Å². The summed E-state index contributed by atoms with van der Waals surface area (Å²) in [5.41, 5.74) is 0.350. The van der Waals surface area contributed by atoms with Crippen LogP contribution in [0, 0.1) is 32.8 Å². The van der Waals surface area contributed by atoms with Crippen molar-refractivity contribution in [2.24, 2.45) is 13.0 Å². The number of hydrogen-bond acceptors (Lipinski definition) is 6. The SMILES string of the molecule is Cn1c(=O)c2c(c3ccccc31)OC(=N)C(C#N)C2c1ccccc1[N+](=O)[O-]. The third kappa shape index (κ3) is 2.37. The van der Waals surface area contributed by atoms with Gasteiger partial charge in [0.25, 0.3) is 11.2 Å². The van der Waals surface area contributed by atoms with Crippen LogP contribution in [0.3, 0.4) is 0 Å². The summed E-state index contributed by atoms with van der Waals surface area (Å²) in [5, 5.41) is 30.1. The van der Waals surface area contributed by atoms with E-state index in [2.05, 4.69) is 0 Å². The second-order valence-corrected chi connectivity index (χ2v) is 6.49. The zero-order valence-corrected chi connectivity index (χ0v) is 14.7. The lowest BCUT2D eigenvalue weighted by atomic mass is 9.78. The standard InChI is InChI=1S/C20H14N4O4/c1-23-14-8-4-3-7-12(14)18-17(20(23)25)16(13(10-21)19(22)28-18)11-6-2-5-9-15(11)24(26)27/h2-9,13,16,22H,1H3. The fourth-order valence-corrected chi connectivity index (χ4v) is 3.75. The lowest BCUT2D eigenvalue weighted by molar-refractivity contribution is -0.385. The Morgan fingerprint density at radius 2 is 1.89 bits per heavy atom. The van der Waals surface area contributed by atoms with Crippen LogP contribution < -0.4 is 10.3 Å². The van der Waals surface area contributed by atoms with E-state index in [1.807, 2.05) is 6.07 Å². The van der Waals surface area contributed by atoms with Crippen LogP contribution in [0.15, 0.2) is 53.3 Å². The first-order chi connectivity index (χ1) is 13.5. The average Bonchev–Trinajstić information content (AvgIpc) is 2.71. The van der Waals surface area contributed by atoms with E-state index in [1.54, 1.807) is 37.4 Å². The molecule has 0 fully saturated rings. The van der Waals surface area contributed by atoms with E-state index < -0.39 is 22.3 Å². The van der Waals surface area contributed by atoms with Crippen molar-refractivity contribution in [3.8, 4) is 11.8 Å². The fraction of sp³-hybridized carbons (Fsp3) is 0.150. The summed E-state index contributed by atoms with van der Waals surface area (Å²) in [6.45, 7) is 0. The van der Waals surface area contributed by atoms with E-state index in [1.165, 1.54) is 22.8 Å². The highest BCUT2D eigenvalue weighted by Gasteiger charge is 2.42. The molecule has 0 saturated heterocycles. The van der Waals surface area contributed by atoms with Crippen molar-refractivity contribution in [1.82, 2.24) is 4.57 Å². The predicted octanol–water partition coefficient (Wildman–Crippen LogP) is 3.09. The predicted molar refractivity (Wildman–Crippen MR) is 102 cm³/mol. The Hall–Kier alpha value is -3.99. The van der Waals surface area contributed by atoms with Crippen molar-refractivity contribution < 1.29 is 9.66 Å². The molecule has 2 atom stereocenters. The number of hydrogen-bond donors (Lipinski definition) is 1. The van der Waals surface area contributed by atoms with E-state index >= 15 is 0 Å². The summed E-state index contributed by atoms with van der Waals surface area (Å²) in [6.07, 6.45) is 0. The molecular weight excluding hydrogens is 360 g/mol. The van der Waals surface area contributed by atoms with Gasteiger partial charge in [0, 0.05) is 30.0 Å². The van der Waals surface area contributed by atoms with Gasteiger partial charge < -0.3 is 9.30 Å². The van der Waals surface area contributed by atoms with E-state index in [0.717, 1.165) is 0 Å². The molecule has 2 heterocycles. The maximum Gasteiger partial charge on any atom is 0.273 e. The molecule has 8 heteroatoms. The number of pyridine rings is 1. The summed E-state index contributed by atoms with van der Waals surface area (Å²) in [5.74, 6) is -2.29. The van der Waals surface area contributed by atoms with Crippen LogP contribution in [0.25, 0.3) is 10.9 Å². The van der Waals surface area contributed by atoms with Crippen molar-refractivity contribution in [2.45, 2.75) is 5.92 Å². The molecule has 0 saturated carbocycles. The molecule has 1 aliphatic heterocycles. The van der Waals surface area contributed by atoms with Crippen LogP contribution in [-0.4, -0.2) is 15.4 Å². The second kappa shape index (κ2) is 6.32. The van der Waals surface area contributed by atoms with Gasteiger partial charge in [-0.25, -0.2) is 0 Å². The third-order valence-electron chi connectivity index (χ3n) is 5.04. The lowest BCUT2D eigenvalue weighted by Crippen LogP contribution is -2.37. The van der Waals surface area contributed by atoms with E-state index in [9.17, 15) is 20.2 Å². The molecule has 1 N–H and O–H groups in total. The van der Waals surface area contributed by atoms with Crippen LogP contribution in [0.4, 0.5) is 5.69 Å². The molecule has 0 aliphatic carbocycles. The summed E-state index contributed by atoms with van der Waals surface area (Å²) in [4.78, 5) is 24.2. The Labute approximate surface area is 158 Å². The number of nitro groups is 1. The topological polar surface area (TPSA) is 122 Å². The molecule has 1 aliphatic rings. The highest BCUT2D eigenvalue weighted by molar-refractivity contribution is 5.94. The summed E-state index contributed by atoms with van der Waals surface area (Å²) >= 11 is 0. The minimum absolute atomic E-state index is 0.151. The Morgan fingerprint density at radius 1 is 1.21 bits per heavy atom. The van der Waals surface area contributed by atoms with Gasteiger partial charge in [0.05, 0.1) is 22.1 Å². The molecule has 1 aromatic heterocycles. The smallest absolute Gasteiger partial charge is 0.273 e. The molecule has 138 valence electrons. The first kappa shape index (κ1) is 17.4. The molecule has 28 heavy (non-hydrogen) atoms. The first-order valence-corrected chi connectivity index (χ1v) is 8.46. The van der Waals surface area contributed by atoms with Gasteiger partial charge in [0.1, 0.15) is 11.7 Å². The molecule has 2 aromatic carbocycles. The van der Waals surface area contributed by atoms with Gasteiger partial charge in [-0.1, -0.05) is 30.3 Å². The number of nitrogens with one attached hydrogen (secondary N) is 1. The molecular formula is C20H14N4O4. The van der Waals surface area contributed by atoms with Crippen molar-refractivity contribution in [3.05, 3.63) is 80.1 Å². The average molecular weight is 374 g/mol. The van der Waals surface area contributed by atoms with Crippen LogP contribution in [0.2, 0.25) is 0 Å². The Morgan fingerprint density at radius 3 is 2.61 bits per heavy atom. The van der Waals surface area contributed by atoms with Crippen LogP contribution in [0.1, 0.15) is 17.0 Å². The number of benzene rings is 2. The van der Waals surface area contributed by atoms with Gasteiger partial charge in [-0.3, -0.25) is 20.3 Å². The van der Waals surface area contributed by atoms with Gasteiger partial charge in [-0.2, -0.15) is 5.26 Å². The molecule has 0 spiro atoms. The van der Waals surface area contributed by atoms with Gasteiger partial charge in [-0.05, 0) is 12.1 Å². The third-order valence-corrected chi connectivity index (χ3v) is 5.04. The number of ether oxygens (including phenoxy) is 1. The molecule has 2 unspecified atom stereocenters. The molecule has 3 aromatic rings. The highest BCUT2D eigenvalue weighted by atomic mass is 16.6. The fourth-order valence-electron chi connectivity index (χ4n) is 3.75. The Kier molecular flexibility index (Phi) is 3.93. The molecule has 0 amide bonds. The maximum atomic E-state index is 13.2. The number of nitrogens with zero attached hydrogens (tertiary/aromatic N) is 3. The van der Waals surface area contributed by atoms with Crippen LogP contribution in [0.5, 0.6) is 5.75 Å². The van der Waals surface area contributed by atoms with Crippen molar-refractivity contribution in [3.63, 3.8) is 0 Å². The van der Waals surface area contributed by atoms with Crippen molar-refractivity contribution >= 4 is 22.5 Å². The summed E-state index contributed by atoms with van der Waals surface area (Å²) < 4.78 is 7.05. The number of para-hydroxylation sites is 2. The highest BCUT2D eigenvalue weighted by Crippen LogP contribution is 2.45. The van der Waals surface area contributed by atoms with Gasteiger partial charge in [0.15, 0.2) is 0 Å². The zero-order valence-electron chi connectivity index (χ0n) is 14.7. The molecule has 0 bridgehead atoms. The maximum absolute atomic E-state index is 13.2. The lowest BCUT2D eigenvalue weighted by Gasteiger charge is -2.30. The molecule has 0 radical (unpaired) electrons. The number of aromatic nitrogens is 1. The van der Waals surface area contributed by atoms with Crippen LogP contribution in [-0.2, 0) is 7.05 Å². The van der Waals surface area contributed by atoms with E-state index in [4.69, 9.17) is 10.1 Å². The van der Waals surface area contributed by atoms with E-state index in [-0.39, 0.29) is 28.5 Å². The zero-order chi connectivity index (χ0) is 20.0. The van der Waals surface area contributed by atoms with E-state index in [0.29, 0.717) is 10.9 Å². The Bertz CT molecular complexity index is 1260. The number of aryl methyl sites for hydroxylation is 1. The summed E-state index contributed by atoms with van der Waals surface area (Å²) in [7, 11) is 1.60. The largest absolute Gasteiger partial charge is 0.441 e. The minimum Gasteiger partial charge on any atom is -0.441 e. The minimum atomic E-state index is -1.15. The van der Waals surface area contributed by atoms with Crippen LogP contribution >= 0.6 is 0 Å². The van der Waals surface area contributed by atoms with Crippen molar-refractivity contribution in [2.75, 3.05) is 0 Å². The normalized spacial score (nSPS) is 18.2.